The van der Waals surface area contributed by atoms with E-state index in [1.54, 1.807) is 11.1 Å². The SMILES string of the molecule is OCC1CCC2=C1CC2. The van der Waals surface area contributed by atoms with Gasteiger partial charge in [0.15, 0.2) is 0 Å². The molecule has 0 heterocycles. The zero-order valence-corrected chi connectivity index (χ0v) is 5.56. The van der Waals surface area contributed by atoms with E-state index in [-0.39, 0.29) is 0 Å². The minimum Gasteiger partial charge on any atom is -0.396 e. The molecule has 0 aromatic heterocycles. The van der Waals surface area contributed by atoms with Crippen LogP contribution in [0.15, 0.2) is 11.1 Å². The van der Waals surface area contributed by atoms with E-state index in [1.165, 1.54) is 25.7 Å². The Labute approximate surface area is 55.4 Å². The molecule has 1 N–H and O–H groups in total. The van der Waals surface area contributed by atoms with Gasteiger partial charge < -0.3 is 5.11 Å². The number of hydrogen-bond donors (Lipinski definition) is 1. The van der Waals surface area contributed by atoms with E-state index in [2.05, 4.69) is 0 Å². The van der Waals surface area contributed by atoms with Gasteiger partial charge in [0.1, 0.15) is 0 Å². The Balaban J connectivity index is 2.14. The largest absolute Gasteiger partial charge is 0.396 e. The van der Waals surface area contributed by atoms with Crippen molar-refractivity contribution >= 4 is 0 Å². The van der Waals surface area contributed by atoms with Crippen molar-refractivity contribution in [3.63, 3.8) is 0 Å². The van der Waals surface area contributed by atoms with Crippen molar-refractivity contribution in [2.75, 3.05) is 6.61 Å². The van der Waals surface area contributed by atoms with E-state index < -0.39 is 0 Å². The molecule has 2 rings (SSSR count). The molecule has 1 nitrogen and oxygen atoms in total. The number of hydrogen-bond acceptors (Lipinski definition) is 1. The molecule has 0 aromatic carbocycles. The molecule has 1 unspecified atom stereocenters. The Morgan fingerprint density at radius 3 is 2.56 bits per heavy atom. The molecule has 2 aliphatic rings. The van der Waals surface area contributed by atoms with Gasteiger partial charge in [0.2, 0.25) is 0 Å². The summed E-state index contributed by atoms with van der Waals surface area (Å²) in [5.41, 5.74) is 3.26. The molecule has 0 saturated heterocycles. The first-order valence-electron chi connectivity index (χ1n) is 3.73. The van der Waals surface area contributed by atoms with Crippen LogP contribution in [0.4, 0.5) is 0 Å². The van der Waals surface area contributed by atoms with Crippen molar-refractivity contribution in [2.45, 2.75) is 25.7 Å². The fraction of sp³-hybridized carbons (Fsp3) is 0.750. The predicted octanol–water partition coefficient (Wildman–Crippen LogP) is 1.48. The van der Waals surface area contributed by atoms with Gasteiger partial charge in [-0.3, -0.25) is 0 Å². The molecule has 0 radical (unpaired) electrons. The molecular weight excluding hydrogens is 112 g/mol. The second-order valence-corrected chi connectivity index (χ2v) is 3.05. The van der Waals surface area contributed by atoms with Crippen molar-refractivity contribution in [2.24, 2.45) is 5.92 Å². The van der Waals surface area contributed by atoms with E-state index in [1.807, 2.05) is 0 Å². The molecule has 0 aliphatic heterocycles. The normalized spacial score (nSPS) is 32.3. The van der Waals surface area contributed by atoms with E-state index in [4.69, 9.17) is 5.11 Å². The molecule has 0 fully saturated rings. The van der Waals surface area contributed by atoms with Crippen LogP contribution in [-0.2, 0) is 0 Å². The van der Waals surface area contributed by atoms with Crippen LogP contribution in [0.5, 0.6) is 0 Å². The minimum absolute atomic E-state index is 0.388. The molecule has 9 heavy (non-hydrogen) atoms. The second-order valence-electron chi connectivity index (χ2n) is 3.05. The van der Waals surface area contributed by atoms with Crippen LogP contribution >= 0.6 is 0 Å². The van der Waals surface area contributed by atoms with Gasteiger partial charge in [0.05, 0.1) is 0 Å². The van der Waals surface area contributed by atoms with E-state index >= 15 is 0 Å². The van der Waals surface area contributed by atoms with Crippen LogP contribution in [0.25, 0.3) is 0 Å². The fourth-order valence-corrected chi connectivity index (χ4v) is 1.95. The first-order chi connectivity index (χ1) is 4.42. The summed E-state index contributed by atoms with van der Waals surface area (Å²) in [5.74, 6) is 0.564. The smallest absolute Gasteiger partial charge is 0.0496 e. The van der Waals surface area contributed by atoms with Gasteiger partial charge in [-0.05, 0) is 25.7 Å². The zero-order valence-electron chi connectivity index (χ0n) is 5.56. The van der Waals surface area contributed by atoms with Crippen molar-refractivity contribution in [3.05, 3.63) is 11.1 Å². The number of aliphatic hydroxyl groups is 1. The van der Waals surface area contributed by atoms with Gasteiger partial charge >= 0.3 is 0 Å². The Bertz CT molecular complexity index is 158. The first kappa shape index (κ1) is 5.48. The molecule has 0 aromatic rings. The fourth-order valence-electron chi connectivity index (χ4n) is 1.95. The summed E-state index contributed by atoms with van der Waals surface area (Å²) in [5, 5.41) is 8.85. The summed E-state index contributed by atoms with van der Waals surface area (Å²) < 4.78 is 0. The van der Waals surface area contributed by atoms with Crippen molar-refractivity contribution in [1.82, 2.24) is 0 Å². The predicted molar refractivity (Wildman–Crippen MR) is 36.1 cm³/mol. The highest BCUT2D eigenvalue weighted by Crippen LogP contribution is 2.44. The molecule has 2 aliphatic carbocycles. The summed E-state index contributed by atoms with van der Waals surface area (Å²) in [4.78, 5) is 0. The lowest BCUT2D eigenvalue weighted by molar-refractivity contribution is 0.243. The molecule has 0 amide bonds. The standard InChI is InChI=1S/C8H12O/c9-5-7-2-1-6-3-4-8(6)7/h7,9H,1-5H2. The highest BCUT2D eigenvalue weighted by atomic mass is 16.3. The number of rotatable bonds is 1. The third-order valence-electron chi connectivity index (χ3n) is 2.66. The first-order valence-corrected chi connectivity index (χ1v) is 3.73. The molecular formula is C8H12O. The van der Waals surface area contributed by atoms with E-state index in [9.17, 15) is 0 Å². The lowest BCUT2D eigenvalue weighted by atomic mass is 9.87. The molecule has 50 valence electrons. The minimum atomic E-state index is 0.388. The van der Waals surface area contributed by atoms with Crippen LogP contribution < -0.4 is 0 Å². The van der Waals surface area contributed by atoms with Crippen LogP contribution in [0.3, 0.4) is 0 Å². The third kappa shape index (κ3) is 0.645. The maximum absolute atomic E-state index is 8.85. The molecule has 1 atom stereocenters. The van der Waals surface area contributed by atoms with Gasteiger partial charge in [-0.25, -0.2) is 0 Å². The monoisotopic (exact) mass is 124 g/mol. The van der Waals surface area contributed by atoms with E-state index in [0.717, 1.165) is 0 Å². The second kappa shape index (κ2) is 1.84. The maximum Gasteiger partial charge on any atom is 0.0496 e. The molecule has 0 spiro atoms. The van der Waals surface area contributed by atoms with E-state index in [0.29, 0.717) is 12.5 Å². The highest BCUT2D eigenvalue weighted by molar-refractivity contribution is 5.31. The Morgan fingerprint density at radius 1 is 1.33 bits per heavy atom. The van der Waals surface area contributed by atoms with Gasteiger partial charge in [-0.15, -0.1) is 0 Å². The average Bonchev–Trinajstić information content (AvgIpc) is 2.07. The van der Waals surface area contributed by atoms with Crippen molar-refractivity contribution in [3.8, 4) is 0 Å². The van der Waals surface area contributed by atoms with Crippen LogP contribution in [0.2, 0.25) is 0 Å². The molecule has 0 bridgehead atoms. The zero-order chi connectivity index (χ0) is 6.27. The number of aliphatic hydroxyl groups excluding tert-OH is 1. The summed E-state index contributed by atoms with van der Waals surface area (Å²) in [7, 11) is 0. The Morgan fingerprint density at radius 2 is 2.22 bits per heavy atom. The summed E-state index contributed by atoms with van der Waals surface area (Å²) in [6.45, 7) is 0.388. The van der Waals surface area contributed by atoms with Gasteiger partial charge in [-0.2, -0.15) is 0 Å². The van der Waals surface area contributed by atoms with Gasteiger partial charge in [-0.1, -0.05) is 11.1 Å². The maximum atomic E-state index is 8.85. The molecule has 0 saturated carbocycles. The summed E-state index contributed by atoms with van der Waals surface area (Å²) in [6.07, 6.45) is 5.11. The highest BCUT2D eigenvalue weighted by Gasteiger charge is 2.29. The Kier molecular flexibility index (Phi) is 1.12. The number of allylic oxidation sites excluding steroid dienone is 1. The van der Waals surface area contributed by atoms with Crippen LogP contribution in [0.1, 0.15) is 25.7 Å². The Hall–Kier alpha value is -0.300. The lowest BCUT2D eigenvalue weighted by Crippen LogP contribution is -2.09. The average molecular weight is 124 g/mol. The summed E-state index contributed by atoms with van der Waals surface area (Å²) >= 11 is 0. The third-order valence-corrected chi connectivity index (χ3v) is 2.66. The van der Waals surface area contributed by atoms with Crippen molar-refractivity contribution in [1.29, 1.82) is 0 Å². The van der Waals surface area contributed by atoms with Crippen LogP contribution in [0, 0.1) is 5.92 Å². The molecule has 1 heteroatoms. The topological polar surface area (TPSA) is 20.2 Å². The lowest BCUT2D eigenvalue weighted by Gasteiger charge is -2.20. The van der Waals surface area contributed by atoms with Gasteiger partial charge in [0.25, 0.3) is 0 Å². The van der Waals surface area contributed by atoms with Crippen molar-refractivity contribution < 1.29 is 5.11 Å². The summed E-state index contributed by atoms with van der Waals surface area (Å²) in [6, 6.07) is 0. The van der Waals surface area contributed by atoms with Crippen LogP contribution in [-0.4, -0.2) is 11.7 Å². The van der Waals surface area contributed by atoms with Gasteiger partial charge in [0, 0.05) is 12.5 Å². The quantitative estimate of drug-likeness (QED) is 0.525.